The molecule has 0 radical (unpaired) electrons. The Morgan fingerprint density at radius 2 is 2.05 bits per heavy atom. The van der Waals surface area contributed by atoms with Crippen molar-refractivity contribution in [2.45, 2.75) is 44.6 Å². The van der Waals surface area contributed by atoms with Crippen LogP contribution in [0.1, 0.15) is 53.5 Å². The van der Waals surface area contributed by atoms with Gasteiger partial charge in [-0.25, -0.2) is 0 Å². The van der Waals surface area contributed by atoms with Gasteiger partial charge in [0.2, 0.25) is 0 Å². The first-order valence-electron chi connectivity index (χ1n) is 7.74. The second-order valence-electron chi connectivity index (χ2n) is 6.16. The average Bonchev–Trinajstić information content (AvgIpc) is 2.47. The first-order valence-corrected chi connectivity index (χ1v) is 8.12. The SMILES string of the molecule is Cc1ccc(C(N)CC2CCCc3ccccc32)c(Cl)c1. The number of rotatable bonds is 3. The van der Waals surface area contributed by atoms with Crippen LogP contribution in [0.3, 0.4) is 0 Å². The van der Waals surface area contributed by atoms with Crippen molar-refractivity contribution in [2.24, 2.45) is 5.73 Å². The van der Waals surface area contributed by atoms with E-state index >= 15 is 0 Å². The third kappa shape index (κ3) is 3.14. The van der Waals surface area contributed by atoms with E-state index in [1.165, 1.54) is 36.0 Å². The Bertz CT molecular complexity index is 635. The molecule has 3 rings (SSSR count). The number of hydrogen-bond donors (Lipinski definition) is 1. The zero-order valence-corrected chi connectivity index (χ0v) is 13.2. The van der Waals surface area contributed by atoms with Gasteiger partial charge in [0.15, 0.2) is 0 Å². The van der Waals surface area contributed by atoms with Gasteiger partial charge in [-0.15, -0.1) is 0 Å². The minimum atomic E-state index is 0.00857. The lowest BCUT2D eigenvalue weighted by molar-refractivity contribution is 0.476. The van der Waals surface area contributed by atoms with Crippen LogP contribution in [0, 0.1) is 6.92 Å². The fraction of sp³-hybridized carbons (Fsp3) is 0.368. The first kappa shape index (κ1) is 14.6. The largest absolute Gasteiger partial charge is 0.324 e. The van der Waals surface area contributed by atoms with Crippen molar-refractivity contribution >= 4 is 11.6 Å². The smallest absolute Gasteiger partial charge is 0.0456 e. The predicted octanol–water partition coefficient (Wildman–Crippen LogP) is 5.16. The summed E-state index contributed by atoms with van der Waals surface area (Å²) in [6, 6.07) is 15.0. The van der Waals surface area contributed by atoms with Crippen LogP contribution in [0.4, 0.5) is 0 Å². The Morgan fingerprint density at radius 3 is 2.86 bits per heavy atom. The lowest BCUT2D eigenvalue weighted by Crippen LogP contribution is -2.18. The molecule has 0 bridgehead atoms. The van der Waals surface area contributed by atoms with Gasteiger partial charge in [0.1, 0.15) is 0 Å². The van der Waals surface area contributed by atoms with Crippen LogP contribution in [0.15, 0.2) is 42.5 Å². The second-order valence-corrected chi connectivity index (χ2v) is 6.56. The van der Waals surface area contributed by atoms with Gasteiger partial charge >= 0.3 is 0 Å². The van der Waals surface area contributed by atoms with Gasteiger partial charge in [-0.05, 0) is 66.8 Å². The normalized spacial score (nSPS) is 19.1. The summed E-state index contributed by atoms with van der Waals surface area (Å²) in [5.74, 6) is 0.558. The van der Waals surface area contributed by atoms with Crippen LogP contribution in [0.5, 0.6) is 0 Å². The van der Waals surface area contributed by atoms with Crippen LogP contribution in [0.25, 0.3) is 0 Å². The molecule has 1 nitrogen and oxygen atoms in total. The Labute approximate surface area is 132 Å². The van der Waals surface area contributed by atoms with Crippen LogP contribution in [0.2, 0.25) is 5.02 Å². The molecule has 0 heterocycles. The summed E-state index contributed by atoms with van der Waals surface area (Å²) in [7, 11) is 0. The van der Waals surface area contributed by atoms with E-state index in [0.717, 1.165) is 17.0 Å². The van der Waals surface area contributed by atoms with E-state index in [0.29, 0.717) is 5.92 Å². The van der Waals surface area contributed by atoms with E-state index in [4.69, 9.17) is 17.3 Å². The molecule has 2 aromatic carbocycles. The van der Waals surface area contributed by atoms with Gasteiger partial charge in [-0.1, -0.05) is 48.0 Å². The molecule has 0 saturated heterocycles. The molecule has 0 amide bonds. The molecule has 110 valence electrons. The predicted molar refractivity (Wildman–Crippen MR) is 89.9 cm³/mol. The number of halogens is 1. The maximum absolute atomic E-state index is 6.45. The molecule has 2 aromatic rings. The molecule has 2 heteroatoms. The average molecular weight is 300 g/mol. The van der Waals surface area contributed by atoms with Crippen molar-refractivity contribution in [2.75, 3.05) is 0 Å². The Hall–Kier alpha value is -1.31. The number of aryl methyl sites for hydroxylation is 2. The highest BCUT2D eigenvalue weighted by Gasteiger charge is 2.23. The molecule has 0 aromatic heterocycles. The Kier molecular flexibility index (Phi) is 4.32. The van der Waals surface area contributed by atoms with Crippen molar-refractivity contribution in [1.82, 2.24) is 0 Å². The fourth-order valence-corrected chi connectivity index (χ4v) is 3.84. The van der Waals surface area contributed by atoms with E-state index in [1.54, 1.807) is 0 Å². The third-order valence-electron chi connectivity index (χ3n) is 4.59. The van der Waals surface area contributed by atoms with E-state index in [1.807, 2.05) is 6.07 Å². The maximum Gasteiger partial charge on any atom is 0.0456 e. The molecule has 21 heavy (non-hydrogen) atoms. The highest BCUT2D eigenvalue weighted by Crippen LogP contribution is 2.38. The highest BCUT2D eigenvalue weighted by atomic mass is 35.5. The molecule has 0 saturated carbocycles. The topological polar surface area (TPSA) is 26.0 Å². The lowest BCUT2D eigenvalue weighted by Gasteiger charge is -2.28. The zero-order valence-electron chi connectivity index (χ0n) is 12.5. The van der Waals surface area contributed by atoms with Crippen molar-refractivity contribution in [3.63, 3.8) is 0 Å². The summed E-state index contributed by atoms with van der Waals surface area (Å²) in [6.45, 7) is 2.05. The van der Waals surface area contributed by atoms with E-state index in [-0.39, 0.29) is 6.04 Å². The molecule has 2 N–H and O–H groups in total. The van der Waals surface area contributed by atoms with E-state index in [9.17, 15) is 0 Å². The second kappa shape index (κ2) is 6.21. The molecule has 1 aliphatic carbocycles. The minimum absolute atomic E-state index is 0.00857. The number of hydrogen-bond acceptors (Lipinski definition) is 1. The Balaban J connectivity index is 1.81. The number of nitrogens with two attached hydrogens (primary N) is 1. The summed E-state index contributed by atoms with van der Waals surface area (Å²) < 4.78 is 0. The van der Waals surface area contributed by atoms with Gasteiger partial charge in [-0.3, -0.25) is 0 Å². The standard InChI is InChI=1S/C19H22ClN/c1-13-9-10-17(18(20)11-13)19(21)12-15-7-4-6-14-5-2-3-8-16(14)15/h2-3,5,8-11,15,19H,4,6-7,12,21H2,1H3. The molecule has 0 aliphatic heterocycles. The molecule has 0 spiro atoms. The fourth-order valence-electron chi connectivity index (χ4n) is 3.47. The third-order valence-corrected chi connectivity index (χ3v) is 4.91. The summed E-state index contributed by atoms with van der Waals surface area (Å²) in [5.41, 5.74) is 11.7. The molecule has 0 fully saturated rings. The van der Waals surface area contributed by atoms with Crippen LogP contribution < -0.4 is 5.73 Å². The molecular formula is C19H22ClN. The monoisotopic (exact) mass is 299 g/mol. The van der Waals surface area contributed by atoms with E-state index in [2.05, 4.69) is 43.3 Å². The molecule has 2 unspecified atom stereocenters. The molecular weight excluding hydrogens is 278 g/mol. The summed E-state index contributed by atoms with van der Waals surface area (Å²) >= 11 is 6.36. The molecule has 1 aliphatic rings. The lowest BCUT2D eigenvalue weighted by atomic mass is 9.79. The summed E-state index contributed by atoms with van der Waals surface area (Å²) in [5, 5.41) is 0.798. The molecule has 2 atom stereocenters. The first-order chi connectivity index (χ1) is 10.1. The Morgan fingerprint density at radius 1 is 1.24 bits per heavy atom. The van der Waals surface area contributed by atoms with Crippen LogP contribution in [-0.2, 0) is 6.42 Å². The van der Waals surface area contributed by atoms with Crippen molar-refractivity contribution in [3.05, 3.63) is 69.7 Å². The summed E-state index contributed by atoms with van der Waals surface area (Å²) in [6.07, 6.45) is 4.66. The van der Waals surface area contributed by atoms with Gasteiger partial charge in [0.25, 0.3) is 0 Å². The van der Waals surface area contributed by atoms with Crippen molar-refractivity contribution in [1.29, 1.82) is 0 Å². The quantitative estimate of drug-likeness (QED) is 0.832. The highest BCUT2D eigenvalue weighted by molar-refractivity contribution is 6.31. The van der Waals surface area contributed by atoms with Gasteiger partial charge in [0, 0.05) is 11.1 Å². The number of benzene rings is 2. The minimum Gasteiger partial charge on any atom is -0.324 e. The van der Waals surface area contributed by atoms with Gasteiger partial charge in [0.05, 0.1) is 0 Å². The van der Waals surface area contributed by atoms with E-state index < -0.39 is 0 Å². The zero-order chi connectivity index (χ0) is 14.8. The van der Waals surface area contributed by atoms with Gasteiger partial charge < -0.3 is 5.73 Å². The van der Waals surface area contributed by atoms with Crippen LogP contribution in [-0.4, -0.2) is 0 Å². The maximum atomic E-state index is 6.45. The number of fused-ring (bicyclic) bond motifs is 1. The summed E-state index contributed by atoms with van der Waals surface area (Å²) in [4.78, 5) is 0. The van der Waals surface area contributed by atoms with Crippen LogP contribution >= 0.6 is 11.6 Å². The van der Waals surface area contributed by atoms with Gasteiger partial charge in [-0.2, -0.15) is 0 Å². The van der Waals surface area contributed by atoms with Crippen molar-refractivity contribution < 1.29 is 0 Å². The van der Waals surface area contributed by atoms with Crippen molar-refractivity contribution in [3.8, 4) is 0 Å².